The van der Waals surface area contributed by atoms with Gasteiger partial charge in [0.15, 0.2) is 5.69 Å². The number of rotatable bonds is 4. The van der Waals surface area contributed by atoms with Crippen LogP contribution in [-0.2, 0) is 16.1 Å². The topological polar surface area (TPSA) is 135 Å². The van der Waals surface area contributed by atoms with Gasteiger partial charge in [-0.15, -0.1) is 5.10 Å². The second-order valence-electron chi connectivity index (χ2n) is 5.20. The molecule has 10 nitrogen and oxygen atoms in total. The van der Waals surface area contributed by atoms with Gasteiger partial charge in [0.1, 0.15) is 0 Å². The van der Waals surface area contributed by atoms with E-state index in [1.165, 1.54) is 10.9 Å². The molecule has 1 aliphatic rings. The van der Waals surface area contributed by atoms with E-state index in [9.17, 15) is 14.4 Å². The second-order valence-corrected chi connectivity index (χ2v) is 5.20. The van der Waals surface area contributed by atoms with Gasteiger partial charge in [0.05, 0.1) is 24.8 Å². The Kier molecular flexibility index (Phi) is 4.00. The van der Waals surface area contributed by atoms with Crippen LogP contribution in [0, 0.1) is 0 Å². The van der Waals surface area contributed by atoms with E-state index in [1.807, 2.05) is 5.43 Å². The average Bonchev–Trinajstić information content (AvgIpc) is 2.89. The molecule has 4 N–H and O–H groups in total. The van der Waals surface area contributed by atoms with Gasteiger partial charge in [-0.2, -0.15) is 0 Å². The molecule has 1 saturated heterocycles. The molecule has 0 aliphatic carbocycles. The third kappa shape index (κ3) is 3.06. The van der Waals surface area contributed by atoms with E-state index < -0.39 is 11.4 Å². The number of hydrazine groups is 1. The molecule has 1 fully saturated rings. The molecular formula is C11H17N7O3. The number of imide groups is 1. The fourth-order valence-corrected chi connectivity index (χ4v) is 2.00. The molecule has 2 rings (SSSR count). The Morgan fingerprint density at radius 1 is 1.48 bits per heavy atom. The van der Waals surface area contributed by atoms with E-state index in [0.29, 0.717) is 13.1 Å². The molecule has 1 aromatic heterocycles. The first-order valence-corrected chi connectivity index (χ1v) is 6.35. The number of carbonyl (C=O) groups excluding carboxylic acids is 3. The van der Waals surface area contributed by atoms with Crippen LogP contribution in [0.25, 0.3) is 0 Å². The number of piperazine rings is 1. The van der Waals surface area contributed by atoms with Crippen molar-refractivity contribution in [1.82, 2.24) is 30.6 Å². The van der Waals surface area contributed by atoms with Crippen LogP contribution in [-0.4, -0.2) is 56.2 Å². The highest BCUT2D eigenvalue weighted by molar-refractivity contribution is 6.02. The zero-order chi connectivity index (χ0) is 15.6. The van der Waals surface area contributed by atoms with E-state index in [2.05, 4.69) is 15.6 Å². The summed E-state index contributed by atoms with van der Waals surface area (Å²) in [7, 11) is 0. The lowest BCUT2D eigenvalue weighted by Crippen LogP contribution is -2.64. The quantitative estimate of drug-likeness (QED) is 0.244. The maximum absolute atomic E-state index is 11.8. The summed E-state index contributed by atoms with van der Waals surface area (Å²) in [5.74, 6) is 3.81. The summed E-state index contributed by atoms with van der Waals surface area (Å²) in [6.45, 7) is 4.41. The number of hydrogen-bond donors (Lipinski definition) is 3. The molecule has 2 heterocycles. The fourth-order valence-electron chi connectivity index (χ4n) is 2.00. The van der Waals surface area contributed by atoms with Crippen LogP contribution in [0.15, 0.2) is 6.20 Å². The highest BCUT2D eigenvalue weighted by Gasteiger charge is 2.40. The van der Waals surface area contributed by atoms with Gasteiger partial charge in [0, 0.05) is 6.54 Å². The third-order valence-corrected chi connectivity index (χ3v) is 3.44. The summed E-state index contributed by atoms with van der Waals surface area (Å²) in [5, 5.41) is 9.77. The Labute approximate surface area is 120 Å². The molecule has 0 saturated carbocycles. The normalized spacial score (nSPS) is 18.4. The summed E-state index contributed by atoms with van der Waals surface area (Å²) < 4.78 is 1.46. The van der Waals surface area contributed by atoms with Gasteiger partial charge in [-0.25, -0.2) is 5.84 Å². The lowest BCUT2D eigenvalue weighted by molar-refractivity contribution is -0.145. The van der Waals surface area contributed by atoms with Crippen LogP contribution >= 0.6 is 0 Å². The third-order valence-electron chi connectivity index (χ3n) is 3.44. The van der Waals surface area contributed by atoms with Crippen LogP contribution in [0.4, 0.5) is 0 Å². The molecule has 1 aromatic rings. The summed E-state index contributed by atoms with van der Waals surface area (Å²) in [4.78, 5) is 36.3. The van der Waals surface area contributed by atoms with E-state index in [0.717, 1.165) is 0 Å². The molecule has 10 heteroatoms. The standard InChI is InChI=1S/C11H17N7O3/c1-11(2)10(21)13-8(19)6-17(11)3-4-18-5-7(15-16-18)9(20)14-12/h5H,3-4,6,12H2,1-2H3,(H,14,20)(H,13,19,21). The van der Waals surface area contributed by atoms with Gasteiger partial charge in [0.2, 0.25) is 11.8 Å². The number of hydrogen-bond acceptors (Lipinski definition) is 7. The molecule has 0 bridgehead atoms. The summed E-state index contributed by atoms with van der Waals surface area (Å²) in [6.07, 6.45) is 1.45. The predicted octanol–water partition coefficient (Wildman–Crippen LogP) is -2.38. The van der Waals surface area contributed by atoms with E-state index in [-0.39, 0.29) is 24.1 Å². The van der Waals surface area contributed by atoms with Crippen molar-refractivity contribution in [2.75, 3.05) is 13.1 Å². The minimum absolute atomic E-state index is 0.101. The lowest BCUT2D eigenvalue weighted by Gasteiger charge is -2.39. The lowest BCUT2D eigenvalue weighted by atomic mass is 9.99. The number of nitrogens with one attached hydrogen (secondary N) is 2. The molecule has 0 atom stereocenters. The second kappa shape index (κ2) is 5.58. The maximum Gasteiger partial charge on any atom is 0.287 e. The number of amides is 3. The van der Waals surface area contributed by atoms with Gasteiger partial charge >= 0.3 is 0 Å². The van der Waals surface area contributed by atoms with Crippen LogP contribution in [0.5, 0.6) is 0 Å². The molecule has 0 spiro atoms. The molecule has 1 aliphatic heterocycles. The fraction of sp³-hybridized carbons (Fsp3) is 0.545. The van der Waals surface area contributed by atoms with Crippen molar-refractivity contribution in [3.05, 3.63) is 11.9 Å². The number of carbonyl (C=O) groups is 3. The van der Waals surface area contributed by atoms with Crippen molar-refractivity contribution in [2.24, 2.45) is 5.84 Å². The smallest absolute Gasteiger partial charge is 0.287 e. The Bertz CT molecular complexity index is 580. The van der Waals surface area contributed by atoms with Crippen LogP contribution in [0.2, 0.25) is 0 Å². The van der Waals surface area contributed by atoms with Crippen molar-refractivity contribution in [3.8, 4) is 0 Å². The molecule has 0 radical (unpaired) electrons. The van der Waals surface area contributed by atoms with Gasteiger partial charge in [-0.3, -0.25) is 34.7 Å². The van der Waals surface area contributed by atoms with Crippen LogP contribution in [0.1, 0.15) is 24.3 Å². The van der Waals surface area contributed by atoms with Gasteiger partial charge in [0.25, 0.3) is 5.91 Å². The molecule has 0 unspecified atom stereocenters. The van der Waals surface area contributed by atoms with Crippen LogP contribution < -0.4 is 16.6 Å². The molecule has 0 aromatic carbocycles. The number of nitrogen functional groups attached to an aromatic ring is 1. The molecule has 114 valence electrons. The van der Waals surface area contributed by atoms with E-state index in [4.69, 9.17) is 5.84 Å². The number of nitrogens with two attached hydrogens (primary N) is 1. The Morgan fingerprint density at radius 3 is 2.86 bits per heavy atom. The SMILES string of the molecule is CC1(C)C(=O)NC(=O)CN1CCn1cc(C(=O)NN)nn1. The highest BCUT2D eigenvalue weighted by atomic mass is 16.2. The monoisotopic (exact) mass is 295 g/mol. The maximum atomic E-state index is 11.8. The average molecular weight is 295 g/mol. The Morgan fingerprint density at radius 2 is 2.19 bits per heavy atom. The van der Waals surface area contributed by atoms with E-state index >= 15 is 0 Å². The van der Waals surface area contributed by atoms with Gasteiger partial charge < -0.3 is 0 Å². The zero-order valence-electron chi connectivity index (χ0n) is 11.8. The van der Waals surface area contributed by atoms with Crippen molar-refractivity contribution in [2.45, 2.75) is 25.9 Å². The van der Waals surface area contributed by atoms with Crippen molar-refractivity contribution < 1.29 is 14.4 Å². The van der Waals surface area contributed by atoms with Gasteiger partial charge in [-0.05, 0) is 13.8 Å². The van der Waals surface area contributed by atoms with Crippen molar-refractivity contribution in [3.63, 3.8) is 0 Å². The minimum atomic E-state index is -0.786. The molecule has 21 heavy (non-hydrogen) atoms. The first-order valence-electron chi connectivity index (χ1n) is 6.35. The number of aromatic nitrogens is 3. The van der Waals surface area contributed by atoms with Gasteiger partial charge in [-0.1, -0.05) is 5.21 Å². The summed E-state index contributed by atoms with van der Waals surface area (Å²) >= 11 is 0. The summed E-state index contributed by atoms with van der Waals surface area (Å²) in [6, 6.07) is 0. The minimum Gasteiger partial charge on any atom is -0.294 e. The van der Waals surface area contributed by atoms with Crippen molar-refractivity contribution in [1.29, 1.82) is 0 Å². The predicted molar refractivity (Wildman–Crippen MR) is 70.5 cm³/mol. The molecular weight excluding hydrogens is 278 g/mol. The highest BCUT2D eigenvalue weighted by Crippen LogP contribution is 2.17. The Balaban J connectivity index is 2.01. The number of nitrogens with zero attached hydrogens (tertiary/aromatic N) is 4. The Hall–Kier alpha value is -2.33. The van der Waals surface area contributed by atoms with Crippen LogP contribution in [0.3, 0.4) is 0 Å². The van der Waals surface area contributed by atoms with Crippen molar-refractivity contribution >= 4 is 17.7 Å². The first-order chi connectivity index (χ1) is 9.84. The summed E-state index contributed by atoms with van der Waals surface area (Å²) in [5.41, 5.74) is 1.28. The largest absolute Gasteiger partial charge is 0.294 e. The molecule has 3 amide bonds. The van der Waals surface area contributed by atoms with E-state index in [1.54, 1.807) is 18.7 Å². The zero-order valence-corrected chi connectivity index (χ0v) is 11.8. The first kappa shape index (κ1) is 15.1.